The Morgan fingerprint density at radius 3 is 2.38 bits per heavy atom. The lowest BCUT2D eigenvalue weighted by molar-refractivity contribution is -0.116. The van der Waals surface area contributed by atoms with Crippen LogP contribution in [0.3, 0.4) is 0 Å². The molecule has 156 valence electrons. The summed E-state index contributed by atoms with van der Waals surface area (Å²) >= 11 is 6.11. The molecule has 8 nitrogen and oxygen atoms in total. The van der Waals surface area contributed by atoms with E-state index in [1.807, 2.05) is 0 Å². The summed E-state index contributed by atoms with van der Waals surface area (Å²) in [6.45, 7) is 1.44. The van der Waals surface area contributed by atoms with Gasteiger partial charge in [0.25, 0.3) is 0 Å². The smallest absolute Gasteiger partial charge is 0.337 e. The van der Waals surface area contributed by atoms with Gasteiger partial charge < -0.3 is 14.8 Å². The van der Waals surface area contributed by atoms with E-state index in [-0.39, 0.29) is 16.3 Å². The first kappa shape index (κ1) is 22.5. The van der Waals surface area contributed by atoms with Crippen LogP contribution in [0.1, 0.15) is 17.3 Å². The van der Waals surface area contributed by atoms with Crippen molar-refractivity contribution in [1.29, 1.82) is 0 Å². The van der Waals surface area contributed by atoms with Crippen LogP contribution >= 0.6 is 11.6 Å². The number of benzene rings is 2. The molecule has 0 fully saturated rings. The molecule has 0 radical (unpaired) electrons. The first-order valence-electron chi connectivity index (χ1n) is 8.40. The number of amides is 1. The summed E-state index contributed by atoms with van der Waals surface area (Å²) in [6.07, 6.45) is 0.993. The number of halogens is 1. The molecule has 1 amide bonds. The molecular formula is C19H21ClN2O6S. The lowest BCUT2D eigenvalue weighted by Crippen LogP contribution is -2.45. The van der Waals surface area contributed by atoms with Gasteiger partial charge in [-0.05, 0) is 43.3 Å². The molecule has 1 atom stereocenters. The fourth-order valence-electron chi connectivity index (χ4n) is 2.69. The number of anilines is 2. The molecule has 0 aliphatic carbocycles. The summed E-state index contributed by atoms with van der Waals surface area (Å²) in [4.78, 5) is 24.4. The second-order valence-corrected chi connectivity index (χ2v) is 8.38. The summed E-state index contributed by atoms with van der Waals surface area (Å²) in [5.41, 5.74) is 0.787. The molecule has 0 unspecified atom stereocenters. The summed E-state index contributed by atoms with van der Waals surface area (Å²) in [5, 5.41) is 2.82. The first-order chi connectivity index (χ1) is 13.6. The lowest BCUT2D eigenvalue weighted by atomic mass is 10.2. The van der Waals surface area contributed by atoms with E-state index in [9.17, 15) is 18.0 Å². The van der Waals surface area contributed by atoms with Gasteiger partial charge in [0.1, 0.15) is 11.8 Å². The summed E-state index contributed by atoms with van der Waals surface area (Å²) in [6, 6.07) is 9.43. The number of nitrogens with one attached hydrogen (secondary N) is 1. The van der Waals surface area contributed by atoms with E-state index < -0.39 is 27.9 Å². The van der Waals surface area contributed by atoms with Gasteiger partial charge in [-0.3, -0.25) is 9.10 Å². The van der Waals surface area contributed by atoms with Gasteiger partial charge in [0.05, 0.1) is 36.7 Å². The molecule has 2 aromatic rings. The normalized spacial score (nSPS) is 12.0. The van der Waals surface area contributed by atoms with Crippen molar-refractivity contribution in [3.63, 3.8) is 0 Å². The van der Waals surface area contributed by atoms with Gasteiger partial charge in [0, 0.05) is 5.69 Å². The Morgan fingerprint density at radius 2 is 1.83 bits per heavy atom. The summed E-state index contributed by atoms with van der Waals surface area (Å²) < 4.78 is 35.5. The first-order valence-corrected chi connectivity index (χ1v) is 10.6. The van der Waals surface area contributed by atoms with E-state index in [4.69, 9.17) is 16.3 Å². The Kier molecular flexibility index (Phi) is 7.10. The van der Waals surface area contributed by atoms with E-state index in [0.717, 1.165) is 10.6 Å². The molecule has 0 aliphatic rings. The number of rotatable bonds is 7. The van der Waals surface area contributed by atoms with Gasteiger partial charge in [-0.1, -0.05) is 17.7 Å². The maximum atomic E-state index is 12.7. The van der Waals surface area contributed by atoms with Crippen LogP contribution in [0.4, 0.5) is 11.4 Å². The number of sulfonamides is 1. The molecule has 0 aliphatic heterocycles. The Balaban J connectivity index is 2.33. The average Bonchev–Trinajstić information content (AvgIpc) is 2.66. The monoisotopic (exact) mass is 440 g/mol. The number of hydrogen-bond acceptors (Lipinski definition) is 6. The Morgan fingerprint density at radius 1 is 1.14 bits per heavy atom. The zero-order valence-corrected chi connectivity index (χ0v) is 17.9. The van der Waals surface area contributed by atoms with Gasteiger partial charge in [0.2, 0.25) is 15.9 Å². The predicted octanol–water partition coefficient (Wildman–Crippen LogP) is 2.93. The van der Waals surface area contributed by atoms with E-state index in [1.165, 1.54) is 51.5 Å². The molecule has 29 heavy (non-hydrogen) atoms. The summed E-state index contributed by atoms with van der Waals surface area (Å²) in [7, 11) is -1.13. The third-order valence-corrected chi connectivity index (χ3v) is 5.57. The van der Waals surface area contributed by atoms with Crippen molar-refractivity contribution in [1.82, 2.24) is 0 Å². The molecule has 0 spiro atoms. The molecule has 1 N–H and O–H groups in total. The minimum atomic E-state index is -3.82. The van der Waals surface area contributed by atoms with Gasteiger partial charge in [-0.15, -0.1) is 0 Å². The zero-order chi connectivity index (χ0) is 21.8. The van der Waals surface area contributed by atoms with Gasteiger partial charge >= 0.3 is 5.97 Å². The molecule has 0 saturated carbocycles. The van der Waals surface area contributed by atoms with E-state index >= 15 is 0 Å². The second-order valence-electron chi connectivity index (χ2n) is 6.12. The highest BCUT2D eigenvalue weighted by atomic mass is 35.5. The molecule has 0 aromatic heterocycles. The number of carbonyl (C=O) groups excluding carboxylic acids is 2. The number of carbonyl (C=O) groups is 2. The number of ether oxygens (including phenoxy) is 2. The van der Waals surface area contributed by atoms with Crippen LogP contribution in [-0.2, 0) is 19.6 Å². The van der Waals surface area contributed by atoms with Crippen molar-refractivity contribution in [2.45, 2.75) is 13.0 Å². The fourth-order valence-corrected chi connectivity index (χ4v) is 4.11. The maximum Gasteiger partial charge on any atom is 0.337 e. The minimum absolute atomic E-state index is 0.206. The van der Waals surface area contributed by atoms with Crippen LogP contribution in [0.15, 0.2) is 42.5 Å². The van der Waals surface area contributed by atoms with E-state index in [2.05, 4.69) is 10.1 Å². The standard InChI is InChI=1S/C19H21ClN2O6S/c1-12(18(23)21-14-7-5-6-13(10-14)19(24)28-3)22(29(4,25)26)15-8-9-17(27-2)16(20)11-15/h5-12H,1-4H3,(H,21,23)/t12-/m1/s1. The SMILES string of the molecule is COC(=O)c1cccc(NC(=O)[C@@H](C)N(c2ccc(OC)c(Cl)c2)S(C)(=O)=O)c1. The van der Waals surface area contributed by atoms with Crippen molar-refractivity contribution < 1.29 is 27.5 Å². The van der Waals surface area contributed by atoms with E-state index in [1.54, 1.807) is 12.1 Å². The molecule has 0 heterocycles. The molecular weight excluding hydrogens is 420 g/mol. The molecule has 2 aromatic carbocycles. The molecule has 0 bridgehead atoms. The quantitative estimate of drug-likeness (QED) is 0.664. The Bertz CT molecular complexity index is 1030. The lowest BCUT2D eigenvalue weighted by Gasteiger charge is -2.28. The fraction of sp³-hybridized carbons (Fsp3) is 0.263. The largest absolute Gasteiger partial charge is 0.495 e. The topological polar surface area (TPSA) is 102 Å². The van der Waals surface area contributed by atoms with E-state index in [0.29, 0.717) is 11.4 Å². The highest BCUT2D eigenvalue weighted by Gasteiger charge is 2.29. The van der Waals surface area contributed by atoms with Crippen molar-refractivity contribution in [3.8, 4) is 5.75 Å². The summed E-state index contributed by atoms with van der Waals surface area (Å²) in [5.74, 6) is -0.773. The van der Waals surface area contributed by atoms with Crippen LogP contribution in [0.5, 0.6) is 5.75 Å². The van der Waals surface area contributed by atoms with Crippen molar-refractivity contribution >= 4 is 44.9 Å². The Labute approximate surface area is 174 Å². The van der Waals surface area contributed by atoms with Crippen LogP contribution in [0.25, 0.3) is 0 Å². The highest BCUT2D eigenvalue weighted by molar-refractivity contribution is 7.92. The van der Waals surface area contributed by atoms with Crippen molar-refractivity contribution in [3.05, 3.63) is 53.1 Å². The maximum absolute atomic E-state index is 12.7. The minimum Gasteiger partial charge on any atom is -0.495 e. The van der Waals surface area contributed by atoms with Gasteiger partial charge in [-0.2, -0.15) is 0 Å². The van der Waals surface area contributed by atoms with Crippen LogP contribution in [0.2, 0.25) is 5.02 Å². The zero-order valence-electron chi connectivity index (χ0n) is 16.3. The third kappa shape index (κ3) is 5.39. The van der Waals surface area contributed by atoms with Gasteiger partial charge in [0.15, 0.2) is 0 Å². The molecule has 0 saturated heterocycles. The number of hydrogen-bond donors (Lipinski definition) is 1. The number of nitrogens with zero attached hydrogens (tertiary/aromatic N) is 1. The average molecular weight is 441 g/mol. The Hall–Kier alpha value is -2.78. The number of methoxy groups -OCH3 is 2. The highest BCUT2D eigenvalue weighted by Crippen LogP contribution is 2.31. The third-order valence-electron chi connectivity index (χ3n) is 4.03. The number of esters is 1. The van der Waals surface area contributed by atoms with Crippen LogP contribution in [0, 0.1) is 0 Å². The predicted molar refractivity (Wildman–Crippen MR) is 111 cm³/mol. The van der Waals surface area contributed by atoms with Crippen molar-refractivity contribution in [2.75, 3.05) is 30.1 Å². The van der Waals surface area contributed by atoms with Crippen LogP contribution in [-0.4, -0.2) is 46.8 Å². The van der Waals surface area contributed by atoms with Crippen LogP contribution < -0.4 is 14.4 Å². The molecule has 10 heteroatoms. The van der Waals surface area contributed by atoms with Gasteiger partial charge in [-0.25, -0.2) is 13.2 Å². The van der Waals surface area contributed by atoms with Crippen molar-refractivity contribution in [2.24, 2.45) is 0 Å². The molecule has 2 rings (SSSR count). The second kappa shape index (κ2) is 9.15.